The predicted molar refractivity (Wildman–Crippen MR) is 87.7 cm³/mol. The number of carbonyl (C=O) groups excluding carboxylic acids is 1. The minimum Gasteiger partial charge on any atom is -0.493 e. The van der Waals surface area contributed by atoms with E-state index in [0.717, 1.165) is 16.9 Å². The Morgan fingerprint density at radius 1 is 1.12 bits per heavy atom. The Morgan fingerprint density at radius 3 is 2.50 bits per heavy atom. The van der Waals surface area contributed by atoms with Crippen LogP contribution < -0.4 is 14.8 Å². The van der Waals surface area contributed by atoms with Crippen molar-refractivity contribution in [1.29, 1.82) is 0 Å². The van der Waals surface area contributed by atoms with Crippen LogP contribution in [-0.4, -0.2) is 19.1 Å². The van der Waals surface area contributed by atoms with Gasteiger partial charge in [0.15, 0.2) is 0 Å². The number of benzene rings is 2. The van der Waals surface area contributed by atoms with E-state index in [1.54, 1.807) is 0 Å². The van der Waals surface area contributed by atoms with Gasteiger partial charge in [0.25, 0.3) is 0 Å². The molecule has 0 aliphatic carbocycles. The lowest BCUT2D eigenvalue weighted by atomic mass is 10.1. The van der Waals surface area contributed by atoms with Crippen molar-refractivity contribution in [2.45, 2.75) is 26.9 Å². The number of carbonyl (C=O) groups is 1. The Morgan fingerprint density at radius 2 is 1.83 bits per heavy atom. The predicted octanol–water partition coefficient (Wildman–Crippen LogP) is 4.31. The maximum absolute atomic E-state index is 12.1. The van der Waals surface area contributed by atoms with E-state index in [9.17, 15) is 13.6 Å². The lowest BCUT2D eigenvalue weighted by Gasteiger charge is -2.10. The summed E-state index contributed by atoms with van der Waals surface area (Å²) in [5.74, 6) is 0.584. The SMILES string of the molecule is Cc1ccc(C)c(OCCC(=O)Nc2ccc(OC(F)F)cc2)c1. The molecule has 4 nitrogen and oxygen atoms in total. The molecule has 0 saturated carbocycles. The molecule has 0 unspecified atom stereocenters. The molecule has 0 saturated heterocycles. The van der Waals surface area contributed by atoms with E-state index in [-0.39, 0.29) is 24.7 Å². The minimum absolute atomic E-state index is 0.0428. The number of halogens is 2. The maximum Gasteiger partial charge on any atom is 0.387 e. The van der Waals surface area contributed by atoms with Crippen LogP contribution in [-0.2, 0) is 4.79 Å². The molecule has 2 rings (SSSR count). The van der Waals surface area contributed by atoms with E-state index in [1.807, 2.05) is 32.0 Å². The summed E-state index contributed by atoms with van der Waals surface area (Å²) in [6, 6.07) is 11.6. The van der Waals surface area contributed by atoms with Crippen LogP contribution in [0.25, 0.3) is 0 Å². The molecule has 0 heterocycles. The van der Waals surface area contributed by atoms with Gasteiger partial charge >= 0.3 is 6.61 Å². The smallest absolute Gasteiger partial charge is 0.387 e. The van der Waals surface area contributed by atoms with Crippen molar-refractivity contribution in [1.82, 2.24) is 0 Å². The van der Waals surface area contributed by atoms with Gasteiger partial charge in [0.2, 0.25) is 5.91 Å². The van der Waals surface area contributed by atoms with E-state index in [0.29, 0.717) is 5.69 Å². The van der Waals surface area contributed by atoms with Crippen molar-refractivity contribution in [2.24, 2.45) is 0 Å². The van der Waals surface area contributed by atoms with Crippen molar-refractivity contribution in [2.75, 3.05) is 11.9 Å². The molecule has 2 aromatic rings. The average Bonchev–Trinajstić information content (AvgIpc) is 2.52. The van der Waals surface area contributed by atoms with Gasteiger partial charge in [-0.1, -0.05) is 12.1 Å². The summed E-state index contributed by atoms with van der Waals surface area (Å²) in [5, 5.41) is 2.67. The van der Waals surface area contributed by atoms with Crippen LogP contribution in [0.2, 0.25) is 0 Å². The first kappa shape index (κ1) is 17.7. The van der Waals surface area contributed by atoms with Crippen LogP contribution in [0.3, 0.4) is 0 Å². The molecular formula is C18H19F2NO3. The molecule has 0 spiro atoms. The second kappa shape index (κ2) is 8.29. The Labute approximate surface area is 139 Å². The number of anilines is 1. The monoisotopic (exact) mass is 335 g/mol. The average molecular weight is 335 g/mol. The van der Waals surface area contributed by atoms with E-state index < -0.39 is 6.61 Å². The Bertz CT molecular complexity index is 687. The fourth-order valence-corrected chi connectivity index (χ4v) is 2.06. The van der Waals surface area contributed by atoms with Gasteiger partial charge in [0, 0.05) is 5.69 Å². The van der Waals surface area contributed by atoms with Crippen molar-refractivity contribution in [3.05, 3.63) is 53.6 Å². The summed E-state index contributed by atoms with van der Waals surface area (Å²) >= 11 is 0. The van der Waals surface area contributed by atoms with Crippen LogP contribution in [0.5, 0.6) is 11.5 Å². The molecule has 128 valence electrons. The number of rotatable bonds is 7. The molecule has 0 atom stereocenters. The van der Waals surface area contributed by atoms with Gasteiger partial charge < -0.3 is 14.8 Å². The molecule has 24 heavy (non-hydrogen) atoms. The van der Waals surface area contributed by atoms with E-state index >= 15 is 0 Å². The number of hydrogen-bond donors (Lipinski definition) is 1. The quantitative estimate of drug-likeness (QED) is 0.820. The normalized spacial score (nSPS) is 10.5. The lowest BCUT2D eigenvalue weighted by molar-refractivity contribution is -0.116. The number of nitrogens with one attached hydrogen (secondary N) is 1. The number of ether oxygens (including phenoxy) is 2. The van der Waals surface area contributed by atoms with Crippen molar-refractivity contribution in [3.63, 3.8) is 0 Å². The summed E-state index contributed by atoms with van der Waals surface area (Å²) in [5.41, 5.74) is 2.61. The lowest BCUT2D eigenvalue weighted by Crippen LogP contribution is -2.15. The molecule has 0 aliphatic rings. The van der Waals surface area contributed by atoms with Gasteiger partial charge in [-0.2, -0.15) is 8.78 Å². The number of hydrogen-bond acceptors (Lipinski definition) is 3. The standard InChI is InChI=1S/C18H19F2NO3/c1-12-3-4-13(2)16(11-12)23-10-9-17(22)21-14-5-7-15(8-6-14)24-18(19)20/h3-8,11,18H,9-10H2,1-2H3,(H,21,22). The van der Waals surface area contributed by atoms with Crippen LogP contribution >= 0.6 is 0 Å². The summed E-state index contributed by atoms with van der Waals surface area (Å²) in [6.45, 7) is 1.30. The van der Waals surface area contributed by atoms with E-state index in [4.69, 9.17) is 4.74 Å². The molecule has 0 radical (unpaired) electrons. The Balaban J connectivity index is 1.80. The highest BCUT2D eigenvalue weighted by atomic mass is 19.3. The molecule has 1 N–H and O–H groups in total. The highest BCUT2D eigenvalue weighted by molar-refractivity contribution is 5.90. The fourth-order valence-electron chi connectivity index (χ4n) is 2.06. The zero-order chi connectivity index (χ0) is 17.5. The number of aryl methyl sites for hydroxylation is 2. The second-order valence-electron chi connectivity index (χ2n) is 5.32. The Kier molecular flexibility index (Phi) is 6.12. The fraction of sp³-hybridized carbons (Fsp3) is 0.278. The number of alkyl halides is 2. The van der Waals surface area contributed by atoms with Crippen molar-refractivity contribution in [3.8, 4) is 11.5 Å². The van der Waals surface area contributed by atoms with Gasteiger partial charge in [0.05, 0.1) is 13.0 Å². The molecule has 0 bridgehead atoms. The zero-order valence-corrected chi connectivity index (χ0v) is 13.5. The van der Waals surface area contributed by atoms with E-state index in [2.05, 4.69) is 10.1 Å². The summed E-state index contributed by atoms with van der Waals surface area (Å²) in [6.07, 6.45) is 0.183. The zero-order valence-electron chi connectivity index (χ0n) is 13.5. The molecule has 0 fully saturated rings. The highest BCUT2D eigenvalue weighted by Gasteiger charge is 2.07. The van der Waals surface area contributed by atoms with Crippen LogP contribution in [0.4, 0.5) is 14.5 Å². The third-order valence-electron chi connectivity index (χ3n) is 3.29. The second-order valence-corrected chi connectivity index (χ2v) is 5.32. The summed E-state index contributed by atoms with van der Waals surface area (Å²) < 4.78 is 34.0. The van der Waals surface area contributed by atoms with Crippen molar-refractivity contribution >= 4 is 11.6 Å². The van der Waals surface area contributed by atoms with Gasteiger partial charge in [-0.15, -0.1) is 0 Å². The first-order chi connectivity index (χ1) is 11.4. The summed E-state index contributed by atoms with van der Waals surface area (Å²) in [4.78, 5) is 11.9. The van der Waals surface area contributed by atoms with Gasteiger partial charge in [-0.3, -0.25) is 4.79 Å². The molecular weight excluding hydrogens is 316 g/mol. The molecule has 2 aromatic carbocycles. The third-order valence-corrected chi connectivity index (χ3v) is 3.29. The Hall–Kier alpha value is -2.63. The topological polar surface area (TPSA) is 47.6 Å². The van der Waals surface area contributed by atoms with Gasteiger partial charge in [-0.25, -0.2) is 0 Å². The van der Waals surface area contributed by atoms with Gasteiger partial charge in [-0.05, 0) is 55.3 Å². The highest BCUT2D eigenvalue weighted by Crippen LogP contribution is 2.20. The molecule has 0 aromatic heterocycles. The first-order valence-corrected chi connectivity index (χ1v) is 7.49. The van der Waals surface area contributed by atoms with Crippen LogP contribution in [0.15, 0.2) is 42.5 Å². The minimum atomic E-state index is -2.87. The van der Waals surface area contributed by atoms with Crippen LogP contribution in [0, 0.1) is 13.8 Å². The molecule has 1 amide bonds. The molecule has 6 heteroatoms. The van der Waals surface area contributed by atoms with Gasteiger partial charge in [0.1, 0.15) is 11.5 Å². The van der Waals surface area contributed by atoms with E-state index in [1.165, 1.54) is 24.3 Å². The first-order valence-electron chi connectivity index (χ1n) is 7.49. The largest absolute Gasteiger partial charge is 0.493 e. The van der Waals surface area contributed by atoms with Crippen molar-refractivity contribution < 1.29 is 23.0 Å². The molecule has 0 aliphatic heterocycles. The third kappa shape index (κ3) is 5.53. The maximum atomic E-state index is 12.1. The summed E-state index contributed by atoms with van der Waals surface area (Å²) in [7, 11) is 0. The van der Waals surface area contributed by atoms with Crippen LogP contribution in [0.1, 0.15) is 17.5 Å². The number of amides is 1.